The van der Waals surface area contributed by atoms with Gasteiger partial charge in [0.1, 0.15) is 11.1 Å². The number of carbonyl (C=O) groups is 2. The monoisotopic (exact) mass is 410 g/mol. The average molecular weight is 411 g/mol. The van der Waals surface area contributed by atoms with Crippen LogP contribution in [0.1, 0.15) is 94.9 Å². The number of ketones is 1. The first-order valence-electron chi connectivity index (χ1n) is 10.7. The summed E-state index contributed by atoms with van der Waals surface area (Å²) < 4.78 is 5.75. The van der Waals surface area contributed by atoms with Gasteiger partial charge in [0, 0.05) is 5.56 Å². The second-order valence-electron chi connectivity index (χ2n) is 7.31. The first-order valence-corrected chi connectivity index (χ1v) is 11.1. The predicted molar refractivity (Wildman–Crippen MR) is 114 cm³/mol. The summed E-state index contributed by atoms with van der Waals surface area (Å²) in [7, 11) is 0. The minimum atomic E-state index is -1.53. The molecule has 0 spiro atoms. The third-order valence-corrected chi connectivity index (χ3v) is 5.32. The molecule has 0 bridgehead atoms. The second kappa shape index (κ2) is 15.4. The minimum Gasteiger partial charge on any atom is -0.493 e. The molecule has 0 amide bonds. The molecule has 0 heterocycles. The van der Waals surface area contributed by atoms with Gasteiger partial charge in [0.2, 0.25) is 0 Å². The lowest BCUT2D eigenvalue weighted by Gasteiger charge is -2.13. The van der Waals surface area contributed by atoms with E-state index >= 15 is 0 Å². The summed E-state index contributed by atoms with van der Waals surface area (Å²) in [4.78, 5) is 22.4. The lowest BCUT2D eigenvalue weighted by Crippen LogP contribution is -2.18. The predicted octanol–water partition coefficient (Wildman–Crippen LogP) is 6.70. The average Bonchev–Trinajstić information content (AvgIpc) is 2.70. The molecule has 0 aliphatic rings. The van der Waals surface area contributed by atoms with Crippen molar-refractivity contribution < 1.29 is 19.4 Å². The fraction of sp³-hybridized carbons (Fsp3) is 0.652. The molecule has 0 fully saturated rings. The quantitative estimate of drug-likeness (QED) is 0.176. The molecule has 1 aromatic rings. The third-order valence-electron chi connectivity index (χ3n) is 4.89. The van der Waals surface area contributed by atoms with Crippen LogP contribution in [0.25, 0.3) is 0 Å². The Morgan fingerprint density at radius 1 is 0.893 bits per heavy atom. The minimum absolute atomic E-state index is 0.413. The van der Waals surface area contributed by atoms with Crippen LogP contribution in [0, 0.1) is 0 Å². The van der Waals surface area contributed by atoms with Gasteiger partial charge < -0.3 is 9.84 Å². The highest BCUT2D eigenvalue weighted by molar-refractivity contribution is 6.47. The number of hydrogen-bond donors (Lipinski definition) is 1. The summed E-state index contributed by atoms with van der Waals surface area (Å²) in [5.74, 6) is -2.08. The van der Waals surface area contributed by atoms with Crippen LogP contribution in [0.2, 0.25) is 0 Å². The summed E-state index contributed by atoms with van der Waals surface area (Å²) in [6.45, 7) is 2.79. The topological polar surface area (TPSA) is 63.6 Å². The molecule has 1 N–H and O–H groups in total. The van der Waals surface area contributed by atoms with E-state index in [1.54, 1.807) is 24.3 Å². The maximum Gasteiger partial charge on any atom is 0.374 e. The van der Waals surface area contributed by atoms with Gasteiger partial charge in [0.05, 0.1) is 6.61 Å². The smallest absolute Gasteiger partial charge is 0.374 e. The summed E-state index contributed by atoms with van der Waals surface area (Å²) in [6, 6.07) is 6.86. The molecule has 1 atom stereocenters. The van der Waals surface area contributed by atoms with Gasteiger partial charge in [0.25, 0.3) is 5.78 Å². The van der Waals surface area contributed by atoms with Crippen LogP contribution in [0.15, 0.2) is 24.3 Å². The molecule has 0 radical (unpaired) electrons. The molecule has 1 aromatic carbocycles. The first kappa shape index (κ1) is 24.5. The number of para-hydroxylation sites is 1. The largest absolute Gasteiger partial charge is 0.493 e. The maximum atomic E-state index is 11.6. The standard InChI is InChI=1S/C23H35ClO4/c1-2-3-4-5-6-7-8-9-10-11-12-15-18-28-20-17-14-13-16-19(20)21(24)22(25)23(26)27/h13-14,16-17,21H,2-12,15,18H2,1H3,(H,26,27). The van der Waals surface area contributed by atoms with E-state index in [9.17, 15) is 9.59 Å². The lowest BCUT2D eigenvalue weighted by molar-refractivity contribution is -0.148. The molecule has 5 heteroatoms. The molecule has 1 rings (SSSR count). The number of rotatable bonds is 17. The van der Waals surface area contributed by atoms with Crippen LogP contribution in [0.3, 0.4) is 0 Å². The summed E-state index contributed by atoms with van der Waals surface area (Å²) >= 11 is 6.00. The number of halogens is 1. The van der Waals surface area contributed by atoms with Crippen LogP contribution in [-0.4, -0.2) is 23.5 Å². The van der Waals surface area contributed by atoms with Gasteiger partial charge in [-0.3, -0.25) is 4.79 Å². The molecule has 0 saturated heterocycles. The third kappa shape index (κ3) is 10.1. The number of aliphatic carboxylic acids is 1. The number of carboxylic acids is 1. The Morgan fingerprint density at radius 3 is 1.93 bits per heavy atom. The van der Waals surface area contributed by atoms with Gasteiger partial charge in [-0.15, -0.1) is 11.6 Å². The molecule has 0 aromatic heterocycles. The second-order valence-corrected chi connectivity index (χ2v) is 7.74. The first-order chi connectivity index (χ1) is 13.6. The van der Waals surface area contributed by atoms with Crippen molar-refractivity contribution >= 4 is 23.4 Å². The van der Waals surface area contributed by atoms with Crippen molar-refractivity contribution in [3.8, 4) is 5.75 Å². The maximum absolute atomic E-state index is 11.6. The van der Waals surface area contributed by atoms with Crippen molar-refractivity contribution in [1.82, 2.24) is 0 Å². The van der Waals surface area contributed by atoms with Gasteiger partial charge in [-0.1, -0.05) is 95.8 Å². The molecule has 0 aliphatic heterocycles. The van der Waals surface area contributed by atoms with E-state index < -0.39 is 17.1 Å². The van der Waals surface area contributed by atoms with E-state index in [-0.39, 0.29) is 0 Å². The lowest BCUT2D eigenvalue weighted by atomic mass is 10.1. The van der Waals surface area contributed by atoms with E-state index in [0.29, 0.717) is 17.9 Å². The van der Waals surface area contributed by atoms with Crippen LogP contribution in [-0.2, 0) is 9.59 Å². The van der Waals surface area contributed by atoms with Gasteiger partial charge >= 0.3 is 5.97 Å². The van der Waals surface area contributed by atoms with Crippen LogP contribution in [0.4, 0.5) is 0 Å². The molecule has 28 heavy (non-hydrogen) atoms. The van der Waals surface area contributed by atoms with E-state index in [1.165, 1.54) is 64.2 Å². The number of hydrogen-bond acceptors (Lipinski definition) is 3. The highest BCUT2D eigenvalue weighted by atomic mass is 35.5. The molecular weight excluding hydrogens is 376 g/mol. The van der Waals surface area contributed by atoms with Crippen molar-refractivity contribution in [2.75, 3.05) is 6.61 Å². The van der Waals surface area contributed by atoms with E-state index in [0.717, 1.165) is 12.8 Å². The van der Waals surface area contributed by atoms with E-state index in [2.05, 4.69) is 6.92 Å². The fourth-order valence-electron chi connectivity index (χ4n) is 3.20. The van der Waals surface area contributed by atoms with Crippen LogP contribution in [0.5, 0.6) is 5.75 Å². The Bertz CT molecular complexity index is 573. The molecule has 0 saturated carbocycles. The van der Waals surface area contributed by atoms with Gasteiger partial charge in [0.15, 0.2) is 0 Å². The van der Waals surface area contributed by atoms with Crippen molar-refractivity contribution in [3.63, 3.8) is 0 Å². The number of unbranched alkanes of at least 4 members (excludes halogenated alkanes) is 11. The van der Waals surface area contributed by atoms with Gasteiger partial charge in [-0.25, -0.2) is 4.79 Å². The summed E-state index contributed by atoms with van der Waals surface area (Å²) in [5.41, 5.74) is 0.413. The Kier molecular flexibility index (Phi) is 13.5. The van der Waals surface area contributed by atoms with Gasteiger partial charge in [-0.05, 0) is 12.5 Å². The Balaban J connectivity index is 2.14. The van der Waals surface area contributed by atoms with Crippen molar-refractivity contribution in [2.45, 2.75) is 89.4 Å². The van der Waals surface area contributed by atoms with Crippen molar-refractivity contribution in [2.24, 2.45) is 0 Å². The number of alkyl halides is 1. The number of ether oxygens (including phenoxy) is 1. The Hall–Kier alpha value is -1.55. The number of benzene rings is 1. The van der Waals surface area contributed by atoms with E-state index in [1.807, 2.05) is 0 Å². The van der Waals surface area contributed by atoms with Crippen molar-refractivity contribution in [1.29, 1.82) is 0 Å². The Morgan fingerprint density at radius 2 is 1.39 bits per heavy atom. The fourth-order valence-corrected chi connectivity index (χ4v) is 3.47. The number of Topliss-reactive ketones (excluding diaryl/α,β-unsaturated/α-hetero) is 1. The van der Waals surface area contributed by atoms with Crippen LogP contribution < -0.4 is 4.74 Å². The SMILES string of the molecule is CCCCCCCCCCCCCCOc1ccccc1C(Cl)C(=O)C(=O)O. The summed E-state index contributed by atoms with van der Waals surface area (Å²) in [5, 5.41) is 7.60. The Labute approximate surface area is 174 Å². The zero-order valence-electron chi connectivity index (χ0n) is 17.1. The highest BCUT2D eigenvalue weighted by Gasteiger charge is 2.26. The zero-order chi connectivity index (χ0) is 20.6. The van der Waals surface area contributed by atoms with Gasteiger partial charge in [-0.2, -0.15) is 0 Å². The molecule has 158 valence electrons. The molecular formula is C23H35ClO4. The molecule has 4 nitrogen and oxygen atoms in total. The van der Waals surface area contributed by atoms with Crippen LogP contribution >= 0.6 is 11.6 Å². The van der Waals surface area contributed by atoms with E-state index in [4.69, 9.17) is 21.4 Å². The molecule has 0 aliphatic carbocycles. The zero-order valence-corrected chi connectivity index (χ0v) is 17.9. The highest BCUT2D eigenvalue weighted by Crippen LogP contribution is 2.30. The van der Waals surface area contributed by atoms with Crippen molar-refractivity contribution in [3.05, 3.63) is 29.8 Å². The number of carbonyl (C=O) groups excluding carboxylic acids is 1. The number of carboxylic acid groups (broad SMARTS) is 1. The normalized spacial score (nSPS) is 11.9. The summed E-state index contributed by atoms with van der Waals surface area (Å²) in [6.07, 6.45) is 15.3. The molecule has 1 unspecified atom stereocenters.